The van der Waals surface area contributed by atoms with Crippen molar-refractivity contribution in [2.75, 3.05) is 18.0 Å². The molecule has 2 aromatic carbocycles. The van der Waals surface area contributed by atoms with Crippen LogP contribution in [0.1, 0.15) is 30.9 Å². The van der Waals surface area contributed by atoms with Crippen molar-refractivity contribution < 1.29 is 8.42 Å². The number of pyridine rings is 1. The lowest BCUT2D eigenvalue weighted by molar-refractivity contribution is 0.595. The summed E-state index contributed by atoms with van der Waals surface area (Å²) in [6, 6.07) is 13.2. The number of hydrogen-bond acceptors (Lipinski definition) is 4. The summed E-state index contributed by atoms with van der Waals surface area (Å²) in [5.74, 6) is 0. The summed E-state index contributed by atoms with van der Waals surface area (Å²) in [7, 11) is -3.64. The normalized spacial score (nSPS) is 14.8. The van der Waals surface area contributed by atoms with Gasteiger partial charge in [0.1, 0.15) is 4.90 Å². The van der Waals surface area contributed by atoms with Crippen LogP contribution in [-0.2, 0) is 16.3 Å². The SMILES string of the molecule is CCc1ccc(S(=O)(=O)c2cnc3ccc(C)cc3c2N2CCCC2)cc1. The molecule has 0 saturated carbocycles. The highest BCUT2D eigenvalue weighted by Gasteiger charge is 2.28. The van der Waals surface area contributed by atoms with Gasteiger partial charge in [-0.15, -0.1) is 0 Å². The van der Waals surface area contributed by atoms with Crippen LogP contribution in [0.5, 0.6) is 0 Å². The zero-order valence-corrected chi connectivity index (χ0v) is 16.6. The van der Waals surface area contributed by atoms with Crippen molar-refractivity contribution in [3.8, 4) is 0 Å². The number of nitrogens with zero attached hydrogens (tertiary/aromatic N) is 2. The Morgan fingerprint density at radius 1 is 1.04 bits per heavy atom. The summed E-state index contributed by atoms with van der Waals surface area (Å²) in [6.07, 6.45) is 4.59. The molecule has 0 unspecified atom stereocenters. The molecule has 27 heavy (non-hydrogen) atoms. The van der Waals surface area contributed by atoms with Gasteiger partial charge >= 0.3 is 0 Å². The summed E-state index contributed by atoms with van der Waals surface area (Å²) in [4.78, 5) is 7.32. The number of aromatic nitrogens is 1. The molecular formula is C22H24N2O2S. The topological polar surface area (TPSA) is 50.3 Å². The van der Waals surface area contributed by atoms with E-state index in [0.29, 0.717) is 9.79 Å². The minimum Gasteiger partial charge on any atom is -0.370 e. The Morgan fingerprint density at radius 2 is 1.74 bits per heavy atom. The van der Waals surface area contributed by atoms with Gasteiger partial charge in [0.15, 0.2) is 0 Å². The Hall–Kier alpha value is -2.40. The molecule has 0 spiro atoms. The number of anilines is 1. The van der Waals surface area contributed by atoms with Crippen molar-refractivity contribution in [2.24, 2.45) is 0 Å². The molecule has 4 rings (SSSR count). The highest BCUT2D eigenvalue weighted by molar-refractivity contribution is 7.91. The maximum absolute atomic E-state index is 13.5. The molecule has 1 saturated heterocycles. The average Bonchev–Trinajstić information content (AvgIpc) is 3.21. The summed E-state index contributed by atoms with van der Waals surface area (Å²) in [5, 5.41) is 0.920. The van der Waals surface area contributed by atoms with Gasteiger partial charge in [0.05, 0.1) is 16.1 Å². The zero-order valence-electron chi connectivity index (χ0n) is 15.8. The van der Waals surface area contributed by atoms with Crippen LogP contribution < -0.4 is 4.90 Å². The van der Waals surface area contributed by atoms with Crippen LogP contribution >= 0.6 is 0 Å². The lowest BCUT2D eigenvalue weighted by Gasteiger charge is -2.23. The Balaban J connectivity index is 1.95. The van der Waals surface area contributed by atoms with Crippen molar-refractivity contribution in [1.29, 1.82) is 0 Å². The first kappa shape index (κ1) is 18.0. The van der Waals surface area contributed by atoms with Crippen LogP contribution in [0.4, 0.5) is 5.69 Å². The van der Waals surface area contributed by atoms with Crippen molar-refractivity contribution >= 4 is 26.4 Å². The van der Waals surface area contributed by atoms with Crippen molar-refractivity contribution in [1.82, 2.24) is 4.98 Å². The van der Waals surface area contributed by atoms with E-state index in [4.69, 9.17) is 0 Å². The average molecular weight is 381 g/mol. The van der Waals surface area contributed by atoms with Crippen LogP contribution in [0.25, 0.3) is 10.9 Å². The van der Waals surface area contributed by atoms with Gasteiger partial charge in [0.25, 0.3) is 0 Å². The van der Waals surface area contributed by atoms with E-state index in [9.17, 15) is 8.42 Å². The van der Waals surface area contributed by atoms with E-state index in [1.807, 2.05) is 31.2 Å². The van der Waals surface area contributed by atoms with Gasteiger partial charge < -0.3 is 4.90 Å². The van der Waals surface area contributed by atoms with Gasteiger partial charge in [-0.05, 0) is 56.0 Å². The van der Waals surface area contributed by atoms with Gasteiger partial charge in [-0.3, -0.25) is 4.98 Å². The highest BCUT2D eigenvalue weighted by Crippen LogP contribution is 2.37. The lowest BCUT2D eigenvalue weighted by Crippen LogP contribution is -2.21. The number of aryl methyl sites for hydroxylation is 2. The number of sulfone groups is 1. The molecule has 3 aromatic rings. The fourth-order valence-electron chi connectivity index (χ4n) is 3.77. The van der Waals surface area contributed by atoms with Crippen molar-refractivity contribution in [3.05, 3.63) is 59.8 Å². The number of hydrogen-bond donors (Lipinski definition) is 0. The molecule has 0 radical (unpaired) electrons. The van der Waals surface area contributed by atoms with Crippen LogP contribution in [0.3, 0.4) is 0 Å². The molecule has 1 fully saturated rings. The van der Waals surface area contributed by atoms with E-state index in [2.05, 4.69) is 22.9 Å². The van der Waals surface area contributed by atoms with Gasteiger partial charge in [-0.25, -0.2) is 8.42 Å². The largest absolute Gasteiger partial charge is 0.370 e. The molecule has 0 atom stereocenters. The second-order valence-corrected chi connectivity index (χ2v) is 9.10. The molecule has 0 amide bonds. The summed E-state index contributed by atoms with van der Waals surface area (Å²) in [5.41, 5.74) is 3.87. The van der Waals surface area contributed by atoms with Crippen molar-refractivity contribution in [3.63, 3.8) is 0 Å². The number of benzene rings is 2. The predicted octanol–water partition coefficient (Wildman–Crippen LogP) is 4.54. The Bertz CT molecular complexity index is 1080. The molecule has 0 aliphatic carbocycles. The molecule has 1 aliphatic rings. The van der Waals surface area contributed by atoms with E-state index in [1.165, 1.54) is 6.20 Å². The first-order valence-electron chi connectivity index (χ1n) is 9.49. The Morgan fingerprint density at radius 3 is 2.41 bits per heavy atom. The van der Waals surface area contributed by atoms with Gasteiger partial charge in [0, 0.05) is 24.7 Å². The standard InChI is InChI=1S/C22H24N2O2S/c1-3-17-7-9-18(10-8-17)27(25,26)21-15-23-20-11-6-16(2)14-19(20)22(21)24-12-4-5-13-24/h6-11,14-15H,3-5,12-13H2,1-2H3. The van der Waals surface area contributed by atoms with Crippen LogP contribution in [0, 0.1) is 6.92 Å². The first-order chi connectivity index (χ1) is 13.0. The summed E-state index contributed by atoms with van der Waals surface area (Å²) >= 11 is 0. The molecule has 1 aromatic heterocycles. The molecule has 1 aliphatic heterocycles. The zero-order chi connectivity index (χ0) is 19.0. The van der Waals surface area contributed by atoms with Crippen LogP contribution in [0.15, 0.2) is 58.5 Å². The molecule has 4 nitrogen and oxygen atoms in total. The second kappa shape index (κ2) is 6.97. The smallest absolute Gasteiger partial charge is 0.210 e. The van der Waals surface area contributed by atoms with E-state index in [1.54, 1.807) is 12.1 Å². The molecule has 140 valence electrons. The monoisotopic (exact) mass is 380 g/mol. The summed E-state index contributed by atoms with van der Waals surface area (Å²) in [6.45, 7) is 5.84. The first-order valence-corrected chi connectivity index (χ1v) is 11.0. The Labute approximate surface area is 160 Å². The molecule has 5 heteroatoms. The lowest BCUT2D eigenvalue weighted by atomic mass is 10.1. The molecule has 0 N–H and O–H groups in total. The number of fused-ring (bicyclic) bond motifs is 1. The number of rotatable bonds is 4. The third-order valence-corrected chi connectivity index (χ3v) is 7.09. The molecule has 2 heterocycles. The van der Waals surface area contributed by atoms with Gasteiger partial charge in [-0.1, -0.05) is 30.7 Å². The molecular weight excluding hydrogens is 356 g/mol. The highest BCUT2D eigenvalue weighted by atomic mass is 32.2. The van der Waals surface area contributed by atoms with E-state index in [-0.39, 0.29) is 0 Å². The maximum Gasteiger partial charge on any atom is 0.210 e. The van der Waals surface area contributed by atoms with E-state index < -0.39 is 9.84 Å². The fraction of sp³-hybridized carbons (Fsp3) is 0.318. The third-order valence-electron chi connectivity index (χ3n) is 5.32. The fourth-order valence-corrected chi connectivity index (χ4v) is 5.20. The van der Waals surface area contributed by atoms with Crippen LogP contribution in [-0.4, -0.2) is 26.5 Å². The van der Waals surface area contributed by atoms with Gasteiger partial charge in [-0.2, -0.15) is 0 Å². The third kappa shape index (κ3) is 3.21. The second-order valence-electron chi connectivity index (χ2n) is 7.19. The summed E-state index contributed by atoms with van der Waals surface area (Å²) < 4.78 is 26.9. The minimum absolute atomic E-state index is 0.312. The van der Waals surface area contributed by atoms with Crippen LogP contribution in [0.2, 0.25) is 0 Å². The van der Waals surface area contributed by atoms with E-state index >= 15 is 0 Å². The predicted molar refractivity (Wildman–Crippen MR) is 109 cm³/mol. The minimum atomic E-state index is -3.64. The van der Waals surface area contributed by atoms with E-state index in [0.717, 1.165) is 60.1 Å². The quantitative estimate of drug-likeness (QED) is 0.667. The Kier molecular flexibility index (Phi) is 4.64. The maximum atomic E-state index is 13.5. The van der Waals surface area contributed by atoms with Gasteiger partial charge in [0.2, 0.25) is 9.84 Å². The molecule has 0 bridgehead atoms. The van der Waals surface area contributed by atoms with Crippen molar-refractivity contribution in [2.45, 2.75) is 42.9 Å².